The highest BCUT2D eigenvalue weighted by molar-refractivity contribution is 5.54. The fraction of sp³-hybridized carbons (Fsp3) is 0.647. The van der Waals surface area contributed by atoms with Crippen LogP contribution in [0.25, 0.3) is 0 Å². The lowest BCUT2D eigenvalue weighted by molar-refractivity contribution is 0.459. The molecule has 2 aliphatic rings. The van der Waals surface area contributed by atoms with Crippen LogP contribution in [0.15, 0.2) is 24.3 Å². The molecule has 0 amide bonds. The van der Waals surface area contributed by atoms with Gasteiger partial charge in [0, 0.05) is 31.4 Å². The molecule has 2 heteroatoms. The van der Waals surface area contributed by atoms with Gasteiger partial charge in [-0.1, -0.05) is 32.0 Å². The van der Waals surface area contributed by atoms with Crippen molar-refractivity contribution in [3.8, 4) is 0 Å². The van der Waals surface area contributed by atoms with E-state index in [9.17, 15) is 0 Å². The largest absolute Gasteiger partial charge is 0.370 e. The van der Waals surface area contributed by atoms with Gasteiger partial charge in [0.05, 0.1) is 0 Å². The van der Waals surface area contributed by atoms with Crippen molar-refractivity contribution in [2.45, 2.75) is 45.7 Å². The SMILES string of the molecule is CC(C)CCN1CC(C2CC2)NCc2ccccc21. The molecule has 1 unspecified atom stereocenters. The van der Waals surface area contributed by atoms with Gasteiger partial charge in [0.15, 0.2) is 0 Å². The van der Waals surface area contributed by atoms with Crippen LogP contribution in [0.2, 0.25) is 0 Å². The summed E-state index contributed by atoms with van der Waals surface area (Å²) in [4.78, 5) is 2.62. The van der Waals surface area contributed by atoms with Crippen LogP contribution in [-0.2, 0) is 6.54 Å². The molecule has 1 atom stereocenters. The van der Waals surface area contributed by atoms with Crippen molar-refractivity contribution in [2.24, 2.45) is 11.8 Å². The van der Waals surface area contributed by atoms with Crippen molar-refractivity contribution >= 4 is 5.69 Å². The molecule has 0 spiro atoms. The molecular formula is C17H26N2. The number of nitrogens with one attached hydrogen (secondary N) is 1. The predicted octanol–water partition coefficient (Wildman–Crippen LogP) is 3.42. The van der Waals surface area contributed by atoms with Gasteiger partial charge in [0.2, 0.25) is 0 Å². The highest BCUT2D eigenvalue weighted by Crippen LogP contribution is 2.35. The lowest BCUT2D eigenvalue weighted by Gasteiger charge is -2.28. The Kier molecular flexibility index (Phi) is 3.79. The van der Waals surface area contributed by atoms with Crippen molar-refractivity contribution < 1.29 is 0 Å². The van der Waals surface area contributed by atoms with E-state index in [2.05, 4.69) is 48.3 Å². The van der Waals surface area contributed by atoms with Crippen LogP contribution in [-0.4, -0.2) is 19.1 Å². The van der Waals surface area contributed by atoms with E-state index in [4.69, 9.17) is 0 Å². The van der Waals surface area contributed by atoms with Gasteiger partial charge in [-0.2, -0.15) is 0 Å². The molecule has 3 rings (SSSR count). The molecule has 2 nitrogen and oxygen atoms in total. The number of hydrogen-bond donors (Lipinski definition) is 1. The van der Waals surface area contributed by atoms with Crippen LogP contribution in [0.4, 0.5) is 5.69 Å². The van der Waals surface area contributed by atoms with Gasteiger partial charge in [-0.3, -0.25) is 0 Å². The Balaban J connectivity index is 1.79. The number of para-hydroxylation sites is 1. The van der Waals surface area contributed by atoms with Gasteiger partial charge in [0.25, 0.3) is 0 Å². The molecule has 1 heterocycles. The summed E-state index contributed by atoms with van der Waals surface area (Å²) in [6.45, 7) is 8.06. The first-order valence-corrected chi connectivity index (χ1v) is 7.80. The molecule has 1 saturated carbocycles. The zero-order valence-corrected chi connectivity index (χ0v) is 12.2. The van der Waals surface area contributed by atoms with E-state index in [1.54, 1.807) is 0 Å². The summed E-state index contributed by atoms with van der Waals surface area (Å²) in [5.41, 5.74) is 2.92. The third-order valence-electron chi connectivity index (χ3n) is 4.47. The quantitative estimate of drug-likeness (QED) is 0.890. The maximum absolute atomic E-state index is 3.78. The summed E-state index contributed by atoms with van der Waals surface area (Å²) < 4.78 is 0. The molecule has 0 saturated heterocycles. The molecule has 19 heavy (non-hydrogen) atoms. The van der Waals surface area contributed by atoms with E-state index in [1.165, 1.54) is 43.6 Å². The second-order valence-corrected chi connectivity index (χ2v) is 6.58. The first-order chi connectivity index (χ1) is 9.24. The molecule has 0 bridgehead atoms. The zero-order chi connectivity index (χ0) is 13.2. The van der Waals surface area contributed by atoms with E-state index in [1.807, 2.05) is 0 Å². The average molecular weight is 258 g/mol. The smallest absolute Gasteiger partial charge is 0.0412 e. The Bertz CT molecular complexity index is 423. The normalized spacial score (nSPS) is 23.3. The highest BCUT2D eigenvalue weighted by Gasteiger charge is 2.33. The first-order valence-electron chi connectivity index (χ1n) is 7.80. The summed E-state index contributed by atoms with van der Waals surface area (Å²) >= 11 is 0. The van der Waals surface area contributed by atoms with E-state index in [0.717, 1.165) is 18.4 Å². The van der Waals surface area contributed by atoms with E-state index < -0.39 is 0 Å². The molecule has 1 aliphatic heterocycles. The molecule has 1 N–H and O–H groups in total. The van der Waals surface area contributed by atoms with Crippen molar-refractivity contribution in [3.05, 3.63) is 29.8 Å². The Labute approximate surface area is 117 Å². The maximum Gasteiger partial charge on any atom is 0.0412 e. The van der Waals surface area contributed by atoms with Crippen LogP contribution < -0.4 is 10.2 Å². The third-order valence-corrected chi connectivity index (χ3v) is 4.47. The minimum atomic E-state index is 0.694. The van der Waals surface area contributed by atoms with Crippen molar-refractivity contribution in [1.29, 1.82) is 0 Å². The van der Waals surface area contributed by atoms with Gasteiger partial charge in [-0.15, -0.1) is 0 Å². The second kappa shape index (κ2) is 5.54. The van der Waals surface area contributed by atoms with Crippen LogP contribution in [0, 0.1) is 11.8 Å². The van der Waals surface area contributed by atoms with E-state index in [-0.39, 0.29) is 0 Å². The molecule has 104 valence electrons. The first kappa shape index (κ1) is 13.0. The Morgan fingerprint density at radius 1 is 1.26 bits per heavy atom. The number of fused-ring (bicyclic) bond motifs is 1. The molecule has 0 radical (unpaired) electrons. The third kappa shape index (κ3) is 3.11. The summed E-state index contributed by atoms with van der Waals surface area (Å²) in [7, 11) is 0. The fourth-order valence-electron chi connectivity index (χ4n) is 3.05. The minimum absolute atomic E-state index is 0.694. The number of benzene rings is 1. The summed E-state index contributed by atoms with van der Waals surface area (Å²) in [6.07, 6.45) is 4.13. The molecule has 1 aromatic carbocycles. The van der Waals surface area contributed by atoms with E-state index >= 15 is 0 Å². The Morgan fingerprint density at radius 2 is 2.05 bits per heavy atom. The van der Waals surface area contributed by atoms with Crippen LogP contribution in [0.1, 0.15) is 38.7 Å². The second-order valence-electron chi connectivity index (χ2n) is 6.58. The number of hydrogen-bond acceptors (Lipinski definition) is 2. The maximum atomic E-state index is 3.78. The van der Waals surface area contributed by atoms with Crippen LogP contribution in [0.3, 0.4) is 0 Å². The summed E-state index contributed by atoms with van der Waals surface area (Å²) in [6, 6.07) is 9.61. The lowest BCUT2D eigenvalue weighted by atomic mass is 10.1. The van der Waals surface area contributed by atoms with Crippen LogP contribution in [0.5, 0.6) is 0 Å². The van der Waals surface area contributed by atoms with E-state index in [0.29, 0.717) is 6.04 Å². The topological polar surface area (TPSA) is 15.3 Å². The molecule has 1 fully saturated rings. The average Bonchev–Trinajstić information content (AvgIpc) is 3.22. The van der Waals surface area contributed by atoms with Gasteiger partial charge in [-0.05, 0) is 42.7 Å². The predicted molar refractivity (Wildman–Crippen MR) is 81.5 cm³/mol. The number of rotatable bonds is 4. The standard InChI is InChI=1S/C17H26N2/c1-13(2)9-10-19-12-16(14-7-8-14)18-11-15-5-3-4-6-17(15)19/h3-6,13-14,16,18H,7-12H2,1-2H3. The van der Waals surface area contributed by atoms with Crippen molar-refractivity contribution in [3.63, 3.8) is 0 Å². The van der Waals surface area contributed by atoms with Gasteiger partial charge >= 0.3 is 0 Å². The minimum Gasteiger partial charge on any atom is -0.370 e. The Hall–Kier alpha value is -1.02. The molecule has 1 aromatic rings. The van der Waals surface area contributed by atoms with Crippen molar-refractivity contribution in [2.75, 3.05) is 18.0 Å². The zero-order valence-electron chi connectivity index (χ0n) is 12.2. The number of nitrogens with zero attached hydrogens (tertiary/aromatic N) is 1. The fourth-order valence-corrected chi connectivity index (χ4v) is 3.05. The molecule has 1 aliphatic carbocycles. The van der Waals surface area contributed by atoms with Gasteiger partial charge < -0.3 is 10.2 Å². The number of anilines is 1. The summed E-state index contributed by atoms with van der Waals surface area (Å²) in [5, 5.41) is 3.78. The highest BCUT2D eigenvalue weighted by atomic mass is 15.2. The van der Waals surface area contributed by atoms with Gasteiger partial charge in [-0.25, -0.2) is 0 Å². The Morgan fingerprint density at radius 3 is 2.79 bits per heavy atom. The van der Waals surface area contributed by atoms with Crippen molar-refractivity contribution in [1.82, 2.24) is 5.32 Å². The molecule has 0 aromatic heterocycles. The molecular weight excluding hydrogens is 232 g/mol. The monoisotopic (exact) mass is 258 g/mol. The summed E-state index contributed by atoms with van der Waals surface area (Å²) in [5.74, 6) is 1.71. The van der Waals surface area contributed by atoms with Crippen LogP contribution >= 0.6 is 0 Å². The van der Waals surface area contributed by atoms with Gasteiger partial charge in [0.1, 0.15) is 0 Å². The lowest BCUT2D eigenvalue weighted by Crippen LogP contribution is -2.40.